The number of hydrogen-bond acceptors (Lipinski definition) is 5. The summed E-state index contributed by atoms with van der Waals surface area (Å²) in [5.74, 6) is 0.837. The Bertz CT molecular complexity index is 934. The van der Waals surface area contributed by atoms with E-state index in [0.717, 1.165) is 56.4 Å². The maximum Gasteiger partial charge on any atom is 0.306 e. The van der Waals surface area contributed by atoms with Gasteiger partial charge in [-0.1, -0.05) is 19.1 Å². The molecule has 0 radical (unpaired) electrons. The van der Waals surface area contributed by atoms with E-state index in [2.05, 4.69) is 22.1 Å². The second-order valence-corrected chi connectivity index (χ2v) is 9.82. The smallest absolute Gasteiger partial charge is 0.306 e. The van der Waals surface area contributed by atoms with Crippen molar-refractivity contribution in [3.8, 4) is 0 Å². The molecule has 1 atom stereocenters. The number of ether oxygens (including phenoxy) is 1. The zero-order chi connectivity index (χ0) is 23.8. The van der Waals surface area contributed by atoms with Crippen molar-refractivity contribution in [2.45, 2.75) is 71.8 Å². The van der Waals surface area contributed by atoms with Gasteiger partial charge in [0.2, 0.25) is 0 Å². The molecule has 0 aliphatic carbocycles. The van der Waals surface area contributed by atoms with E-state index in [0.29, 0.717) is 23.7 Å². The minimum absolute atomic E-state index is 0.105. The first-order chi connectivity index (χ1) is 15.7. The summed E-state index contributed by atoms with van der Waals surface area (Å²) in [4.78, 5) is 31.4. The molecular formula is C27H37N3O3. The van der Waals surface area contributed by atoms with Crippen molar-refractivity contribution in [3.05, 3.63) is 53.7 Å². The summed E-state index contributed by atoms with van der Waals surface area (Å²) in [6, 6.07) is 11.5. The number of aryl methyl sites for hydroxylation is 1. The summed E-state index contributed by atoms with van der Waals surface area (Å²) in [7, 11) is 0. The fourth-order valence-electron chi connectivity index (χ4n) is 4.19. The van der Waals surface area contributed by atoms with E-state index in [-0.39, 0.29) is 11.9 Å². The molecule has 6 nitrogen and oxygen atoms in total. The number of hydrogen-bond donors (Lipinski definition) is 1. The van der Waals surface area contributed by atoms with Gasteiger partial charge in [0.1, 0.15) is 11.4 Å². The average molecular weight is 452 g/mol. The predicted molar refractivity (Wildman–Crippen MR) is 133 cm³/mol. The van der Waals surface area contributed by atoms with Crippen LogP contribution in [0.2, 0.25) is 0 Å². The summed E-state index contributed by atoms with van der Waals surface area (Å²) in [6.45, 7) is 9.70. The van der Waals surface area contributed by atoms with Gasteiger partial charge in [-0.25, -0.2) is 4.98 Å². The lowest BCUT2D eigenvalue weighted by molar-refractivity contribution is -0.155. The van der Waals surface area contributed by atoms with E-state index in [4.69, 9.17) is 4.74 Å². The highest BCUT2D eigenvalue weighted by molar-refractivity contribution is 6.03. The van der Waals surface area contributed by atoms with E-state index in [1.54, 1.807) is 0 Å². The fraction of sp³-hybridized carbons (Fsp3) is 0.519. The Morgan fingerprint density at radius 1 is 1.15 bits per heavy atom. The van der Waals surface area contributed by atoms with E-state index in [1.165, 1.54) is 0 Å². The Labute approximate surface area is 197 Å². The molecule has 1 amide bonds. The van der Waals surface area contributed by atoms with Crippen molar-refractivity contribution < 1.29 is 14.3 Å². The van der Waals surface area contributed by atoms with Crippen molar-refractivity contribution in [3.63, 3.8) is 0 Å². The number of carbonyl (C=O) groups excluding carboxylic acids is 2. The van der Waals surface area contributed by atoms with Crippen molar-refractivity contribution in [1.29, 1.82) is 0 Å². The molecule has 2 aromatic rings. The third-order valence-electron chi connectivity index (χ3n) is 5.98. The first-order valence-corrected chi connectivity index (χ1v) is 12.1. The number of aromatic nitrogens is 1. The van der Waals surface area contributed by atoms with Crippen LogP contribution in [0.3, 0.4) is 0 Å². The summed E-state index contributed by atoms with van der Waals surface area (Å²) >= 11 is 0. The van der Waals surface area contributed by atoms with Crippen molar-refractivity contribution in [2.24, 2.45) is 5.92 Å². The van der Waals surface area contributed by atoms with E-state index >= 15 is 0 Å². The number of benzene rings is 1. The maximum absolute atomic E-state index is 12.5. The summed E-state index contributed by atoms with van der Waals surface area (Å²) in [5.41, 5.74) is 2.42. The Kier molecular flexibility index (Phi) is 8.48. The molecule has 0 bridgehead atoms. The first kappa shape index (κ1) is 24.7. The second kappa shape index (κ2) is 11.3. The van der Waals surface area contributed by atoms with Crippen LogP contribution in [0.4, 0.5) is 11.5 Å². The molecule has 33 heavy (non-hydrogen) atoms. The monoisotopic (exact) mass is 451 g/mol. The SMILES string of the molecule is CCc1cccc(C(=O)Nc2ccc(N3CCCC(CCC(=O)OC(C)(C)C)CC3)cn2)c1. The lowest BCUT2D eigenvalue weighted by atomic mass is 9.95. The molecule has 1 saturated heterocycles. The van der Waals surface area contributed by atoms with Crippen LogP contribution in [-0.4, -0.2) is 35.6 Å². The number of carbonyl (C=O) groups is 2. The number of amides is 1. The molecule has 0 saturated carbocycles. The van der Waals surface area contributed by atoms with Crippen molar-refractivity contribution in [1.82, 2.24) is 4.98 Å². The molecule has 1 N–H and O–H groups in total. The highest BCUT2D eigenvalue weighted by Crippen LogP contribution is 2.26. The lowest BCUT2D eigenvalue weighted by Gasteiger charge is -2.23. The van der Waals surface area contributed by atoms with Crippen LogP contribution in [0.25, 0.3) is 0 Å². The highest BCUT2D eigenvalue weighted by atomic mass is 16.6. The molecule has 6 heteroatoms. The van der Waals surface area contributed by atoms with Crippen LogP contribution in [0, 0.1) is 5.92 Å². The summed E-state index contributed by atoms with van der Waals surface area (Å²) in [5, 5.41) is 2.89. The number of rotatable bonds is 7. The van der Waals surface area contributed by atoms with Crippen molar-refractivity contribution >= 4 is 23.4 Å². The Morgan fingerprint density at radius 2 is 1.97 bits per heavy atom. The Morgan fingerprint density at radius 3 is 2.67 bits per heavy atom. The maximum atomic E-state index is 12.5. The Balaban J connectivity index is 1.50. The van der Waals surface area contributed by atoms with Crippen LogP contribution < -0.4 is 10.2 Å². The van der Waals surface area contributed by atoms with E-state index in [1.807, 2.05) is 63.4 Å². The van der Waals surface area contributed by atoms with Gasteiger partial charge in [-0.2, -0.15) is 0 Å². The minimum Gasteiger partial charge on any atom is -0.460 e. The van der Waals surface area contributed by atoms with Crippen LogP contribution in [0.5, 0.6) is 0 Å². The number of pyridine rings is 1. The van der Waals surface area contributed by atoms with Crippen LogP contribution in [-0.2, 0) is 16.0 Å². The van der Waals surface area contributed by atoms with Gasteiger partial charge in [-0.15, -0.1) is 0 Å². The van der Waals surface area contributed by atoms with Crippen LogP contribution in [0.15, 0.2) is 42.6 Å². The molecular weight excluding hydrogens is 414 g/mol. The van der Waals surface area contributed by atoms with Gasteiger partial charge in [0.15, 0.2) is 0 Å². The van der Waals surface area contributed by atoms with Gasteiger partial charge in [0, 0.05) is 25.1 Å². The van der Waals surface area contributed by atoms with Gasteiger partial charge >= 0.3 is 5.97 Å². The normalized spacial score (nSPS) is 16.7. The van der Waals surface area contributed by atoms with Gasteiger partial charge in [-0.05, 0) is 88.6 Å². The van der Waals surface area contributed by atoms with Crippen LogP contribution >= 0.6 is 0 Å². The standard InChI is InChI=1S/C27H37N3O3/c1-5-20-8-6-10-22(18-20)26(32)29-24-13-12-23(19-28-24)30-16-7-9-21(15-17-30)11-14-25(31)33-27(2,3)4/h6,8,10,12-13,18-19,21H,5,7,9,11,14-17H2,1-4H3,(H,28,29,32). The minimum atomic E-state index is -0.421. The number of anilines is 2. The lowest BCUT2D eigenvalue weighted by Crippen LogP contribution is -2.25. The predicted octanol–water partition coefficient (Wildman–Crippen LogP) is 5.62. The number of esters is 1. The molecule has 1 aromatic heterocycles. The number of nitrogens with zero attached hydrogens (tertiary/aromatic N) is 2. The summed E-state index contributed by atoms with van der Waals surface area (Å²) in [6.07, 6.45) is 7.35. The second-order valence-electron chi connectivity index (χ2n) is 9.82. The molecule has 0 spiro atoms. The third kappa shape index (κ3) is 7.88. The molecule has 1 fully saturated rings. The average Bonchev–Trinajstić information content (AvgIpc) is 3.03. The summed E-state index contributed by atoms with van der Waals surface area (Å²) < 4.78 is 5.44. The zero-order valence-corrected chi connectivity index (χ0v) is 20.4. The van der Waals surface area contributed by atoms with Gasteiger partial charge < -0.3 is 15.0 Å². The van der Waals surface area contributed by atoms with Gasteiger partial charge in [0.05, 0.1) is 11.9 Å². The molecule has 1 aliphatic heterocycles. The fourth-order valence-corrected chi connectivity index (χ4v) is 4.19. The zero-order valence-electron chi connectivity index (χ0n) is 20.4. The largest absolute Gasteiger partial charge is 0.460 e. The van der Waals surface area contributed by atoms with Gasteiger partial charge in [-0.3, -0.25) is 9.59 Å². The number of nitrogens with one attached hydrogen (secondary N) is 1. The van der Waals surface area contributed by atoms with Crippen molar-refractivity contribution in [2.75, 3.05) is 23.3 Å². The van der Waals surface area contributed by atoms with E-state index < -0.39 is 5.60 Å². The van der Waals surface area contributed by atoms with Crippen LogP contribution in [0.1, 0.15) is 75.7 Å². The first-order valence-electron chi connectivity index (χ1n) is 12.1. The third-order valence-corrected chi connectivity index (χ3v) is 5.98. The quantitative estimate of drug-likeness (QED) is 0.553. The molecule has 1 aromatic carbocycles. The molecule has 1 unspecified atom stereocenters. The van der Waals surface area contributed by atoms with E-state index in [9.17, 15) is 9.59 Å². The highest BCUT2D eigenvalue weighted by Gasteiger charge is 2.21. The van der Waals surface area contributed by atoms with Gasteiger partial charge in [0.25, 0.3) is 5.91 Å². The molecule has 3 rings (SSSR count). The topological polar surface area (TPSA) is 71.5 Å². The molecule has 178 valence electrons. The molecule has 1 aliphatic rings. The molecule has 2 heterocycles. The Hall–Kier alpha value is -2.89.